The fourth-order valence-electron chi connectivity index (χ4n) is 2.69. The molecule has 1 aliphatic rings. The van der Waals surface area contributed by atoms with Gasteiger partial charge in [-0.2, -0.15) is 13.2 Å². The Morgan fingerprint density at radius 2 is 1.75 bits per heavy atom. The average molecular weight is 406 g/mol. The molecule has 1 saturated heterocycles. The zero-order chi connectivity index (χ0) is 21.0. The summed E-state index contributed by atoms with van der Waals surface area (Å²) in [6.07, 6.45) is -5.74. The quantitative estimate of drug-likeness (QED) is 0.560. The molecule has 0 saturated carbocycles. The zero-order valence-corrected chi connectivity index (χ0v) is 16.6. The summed E-state index contributed by atoms with van der Waals surface area (Å²) in [6.45, 7) is 5.77. The van der Waals surface area contributed by atoms with Gasteiger partial charge in [-0.1, -0.05) is 44.2 Å². The van der Waals surface area contributed by atoms with Gasteiger partial charge in [-0.15, -0.1) is 0 Å². The highest BCUT2D eigenvalue weighted by atomic mass is 19.4. The highest BCUT2D eigenvalue weighted by Gasteiger charge is 2.62. The van der Waals surface area contributed by atoms with Crippen molar-refractivity contribution in [2.45, 2.75) is 64.7 Å². The number of halogens is 3. The summed E-state index contributed by atoms with van der Waals surface area (Å²) in [5, 5.41) is 0. The van der Waals surface area contributed by atoms with Crippen molar-refractivity contribution in [2.75, 3.05) is 19.8 Å². The molecule has 0 aromatic heterocycles. The van der Waals surface area contributed by atoms with Crippen molar-refractivity contribution >= 4 is 5.97 Å². The number of carbonyl (C=O) groups is 1. The molecule has 5 nitrogen and oxygen atoms in total. The van der Waals surface area contributed by atoms with Gasteiger partial charge in [-0.05, 0) is 31.7 Å². The Labute approximate surface area is 164 Å². The van der Waals surface area contributed by atoms with E-state index < -0.39 is 30.5 Å². The molecule has 0 spiro atoms. The third-order valence-electron chi connectivity index (χ3n) is 4.05. The molecule has 28 heavy (non-hydrogen) atoms. The van der Waals surface area contributed by atoms with Crippen molar-refractivity contribution in [1.82, 2.24) is 0 Å². The molecular formula is C20H29F3O5. The van der Waals surface area contributed by atoms with Gasteiger partial charge in [0.15, 0.2) is 6.29 Å². The van der Waals surface area contributed by atoms with E-state index in [0.717, 1.165) is 0 Å². The van der Waals surface area contributed by atoms with E-state index in [1.165, 1.54) is 6.92 Å². The molecule has 0 bridgehead atoms. The van der Waals surface area contributed by atoms with Crippen LogP contribution >= 0.6 is 0 Å². The van der Waals surface area contributed by atoms with Crippen LogP contribution in [0.5, 0.6) is 0 Å². The van der Waals surface area contributed by atoms with Crippen molar-refractivity contribution in [1.29, 1.82) is 0 Å². The van der Waals surface area contributed by atoms with Gasteiger partial charge in [0.25, 0.3) is 5.60 Å². The summed E-state index contributed by atoms with van der Waals surface area (Å²) in [5.41, 5.74) is -2.48. The van der Waals surface area contributed by atoms with E-state index in [1.54, 1.807) is 30.3 Å². The molecule has 0 radical (unpaired) electrons. The summed E-state index contributed by atoms with van der Waals surface area (Å²) < 4.78 is 61.9. The Morgan fingerprint density at radius 3 is 2.29 bits per heavy atom. The van der Waals surface area contributed by atoms with Gasteiger partial charge in [0.1, 0.15) is 0 Å². The number of rotatable bonds is 9. The number of hydrogen-bond acceptors (Lipinski definition) is 5. The molecular weight excluding hydrogens is 377 g/mol. The number of benzene rings is 1. The average Bonchev–Trinajstić information content (AvgIpc) is 3.19. The number of hydrogen-bond donors (Lipinski definition) is 0. The van der Waals surface area contributed by atoms with E-state index in [2.05, 4.69) is 0 Å². The van der Waals surface area contributed by atoms with Crippen LogP contribution in [0.3, 0.4) is 0 Å². The van der Waals surface area contributed by atoms with Crippen molar-refractivity contribution in [3.05, 3.63) is 35.9 Å². The predicted octanol–water partition coefficient (Wildman–Crippen LogP) is 4.64. The molecule has 8 heteroatoms. The van der Waals surface area contributed by atoms with Crippen molar-refractivity contribution in [2.24, 2.45) is 0 Å². The maximum absolute atomic E-state index is 13.9. The van der Waals surface area contributed by atoms with Crippen LogP contribution in [-0.2, 0) is 30.3 Å². The van der Waals surface area contributed by atoms with E-state index in [-0.39, 0.29) is 26.1 Å². The summed E-state index contributed by atoms with van der Waals surface area (Å²) >= 11 is 0. The monoisotopic (exact) mass is 406 g/mol. The summed E-state index contributed by atoms with van der Waals surface area (Å²) in [5.74, 6) is -1.42. The van der Waals surface area contributed by atoms with Gasteiger partial charge in [0.05, 0.1) is 26.4 Å². The minimum absolute atomic E-state index is 0.0395. The smallest absolute Gasteiger partial charge is 0.428 e. The normalized spacial score (nSPS) is 16.8. The van der Waals surface area contributed by atoms with E-state index in [9.17, 15) is 18.0 Å². The minimum Gasteiger partial charge on any atom is -0.464 e. The molecule has 1 aliphatic heterocycles. The number of carbonyl (C=O) groups excluding carboxylic acids is 1. The summed E-state index contributed by atoms with van der Waals surface area (Å²) in [6, 6.07) is 8.38. The van der Waals surface area contributed by atoms with Gasteiger partial charge in [0.2, 0.25) is 0 Å². The lowest BCUT2D eigenvalue weighted by atomic mass is 9.95. The van der Waals surface area contributed by atoms with Gasteiger partial charge < -0.3 is 18.9 Å². The standard InChI is InChI=1S/C18H23F3O5.C2H6/c1-2-23-16(22)17(18(19,20)21,10-6-9-15-24-11-12-25-15)26-13-14-7-4-3-5-8-14;1-2/h3-5,7-8,15H,2,6,9-13H2,1H3;1-2H3. The molecule has 0 N–H and O–H groups in total. The van der Waals surface area contributed by atoms with Crippen LogP contribution in [0.1, 0.15) is 45.6 Å². The highest BCUT2D eigenvalue weighted by Crippen LogP contribution is 2.40. The van der Waals surface area contributed by atoms with Gasteiger partial charge in [-0.25, -0.2) is 4.79 Å². The highest BCUT2D eigenvalue weighted by molar-refractivity contribution is 5.80. The van der Waals surface area contributed by atoms with E-state index >= 15 is 0 Å². The zero-order valence-electron chi connectivity index (χ0n) is 16.6. The van der Waals surface area contributed by atoms with Crippen LogP contribution in [-0.4, -0.2) is 43.9 Å². The Kier molecular flexibility index (Phi) is 10.5. The van der Waals surface area contributed by atoms with Crippen molar-refractivity contribution in [3.8, 4) is 0 Å². The maximum atomic E-state index is 13.9. The fraction of sp³-hybridized carbons (Fsp3) is 0.650. The predicted molar refractivity (Wildman–Crippen MR) is 97.5 cm³/mol. The molecule has 1 fully saturated rings. The lowest BCUT2D eigenvalue weighted by Gasteiger charge is -2.33. The largest absolute Gasteiger partial charge is 0.464 e. The topological polar surface area (TPSA) is 54.0 Å². The minimum atomic E-state index is -4.91. The molecule has 0 amide bonds. The maximum Gasteiger partial charge on any atom is 0.428 e. The summed E-state index contributed by atoms with van der Waals surface area (Å²) in [4.78, 5) is 12.2. The lowest BCUT2D eigenvalue weighted by molar-refractivity contribution is -0.283. The van der Waals surface area contributed by atoms with E-state index in [0.29, 0.717) is 18.8 Å². The van der Waals surface area contributed by atoms with Crippen LogP contribution in [0.15, 0.2) is 30.3 Å². The Hall–Kier alpha value is -1.64. The molecule has 1 aromatic rings. The first-order valence-corrected chi connectivity index (χ1v) is 9.54. The number of esters is 1. The third-order valence-corrected chi connectivity index (χ3v) is 4.05. The van der Waals surface area contributed by atoms with Crippen LogP contribution < -0.4 is 0 Å². The molecule has 1 heterocycles. The summed E-state index contributed by atoms with van der Waals surface area (Å²) in [7, 11) is 0. The van der Waals surface area contributed by atoms with Crippen molar-refractivity contribution < 1.29 is 36.9 Å². The third kappa shape index (κ3) is 6.76. The fourth-order valence-corrected chi connectivity index (χ4v) is 2.69. The SMILES string of the molecule is CC.CCOC(=O)C(CCCC1OCCO1)(OCc1ccccc1)C(F)(F)F. The molecule has 0 aliphatic carbocycles. The van der Waals surface area contributed by atoms with E-state index in [1.807, 2.05) is 13.8 Å². The molecule has 160 valence electrons. The molecule has 1 unspecified atom stereocenters. The van der Waals surface area contributed by atoms with Gasteiger partial charge >= 0.3 is 12.1 Å². The Balaban J connectivity index is 0.00000190. The lowest BCUT2D eigenvalue weighted by Crippen LogP contribution is -2.55. The first-order valence-electron chi connectivity index (χ1n) is 9.54. The number of alkyl halides is 3. The molecule has 1 atom stereocenters. The second-order valence-corrected chi connectivity index (χ2v) is 5.88. The second kappa shape index (κ2) is 12.0. The van der Waals surface area contributed by atoms with Crippen molar-refractivity contribution in [3.63, 3.8) is 0 Å². The van der Waals surface area contributed by atoms with Crippen LogP contribution in [0.2, 0.25) is 0 Å². The van der Waals surface area contributed by atoms with Crippen LogP contribution in [0, 0.1) is 0 Å². The van der Waals surface area contributed by atoms with E-state index in [4.69, 9.17) is 18.9 Å². The molecule has 1 aromatic carbocycles. The molecule has 2 rings (SSSR count). The van der Waals surface area contributed by atoms with Gasteiger partial charge in [-0.3, -0.25) is 0 Å². The Bertz CT molecular complexity index is 559. The number of ether oxygens (including phenoxy) is 4. The second-order valence-electron chi connectivity index (χ2n) is 5.88. The van der Waals surface area contributed by atoms with Gasteiger partial charge in [0, 0.05) is 0 Å². The first kappa shape index (κ1) is 24.4. The first-order chi connectivity index (χ1) is 13.4. The van der Waals surface area contributed by atoms with Crippen LogP contribution in [0.25, 0.3) is 0 Å². The van der Waals surface area contributed by atoms with Crippen LogP contribution in [0.4, 0.5) is 13.2 Å². The Morgan fingerprint density at radius 1 is 1.14 bits per heavy atom.